The van der Waals surface area contributed by atoms with Crippen LogP contribution in [0.2, 0.25) is 0 Å². The van der Waals surface area contributed by atoms with Crippen LogP contribution in [0.25, 0.3) is 0 Å². The van der Waals surface area contributed by atoms with Gasteiger partial charge in [0.2, 0.25) is 0 Å². The van der Waals surface area contributed by atoms with E-state index in [9.17, 15) is 19.8 Å². The van der Waals surface area contributed by atoms with Crippen LogP contribution in [0.5, 0.6) is 0 Å². The predicted molar refractivity (Wildman–Crippen MR) is 145 cm³/mol. The molecule has 0 aromatic heterocycles. The number of allylic oxidation sites excluding steroid dienone is 1. The van der Waals surface area contributed by atoms with Gasteiger partial charge in [-0.3, -0.25) is 9.59 Å². The van der Waals surface area contributed by atoms with Gasteiger partial charge in [0, 0.05) is 11.8 Å². The third-order valence-electron chi connectivity index (χ3n) is 12.1. The third kappa shape index (κ3) is 4.76. The summed E-state index contributed by atoms with van der Waals surface area (Å²) in [5.41, 5.74) is 0.860. The summed E-state index contributed by atoms with van der Waals surface area (Å²) >= 11 is 0. The molecule has 10 atom stereocenters. The molecule has 0 aromatic rings. The van der Waals surface area contributed by atoms with Crippen molar-refractivity contribution < 1.29 is 29.3 Å². The lowest BCUT2D eigenvalue weighted by molar-refractivity contribution is -0.189. The number of fused-ring (bicyclic) bond motifs is 5. The number of aliphatic hydroxyl groups excluding tert-OH is 2. The Hall–Kier alpha value is -1.40. The molecule has 0 amide bonds. The molecule has 5 rings (SSSR count). The van der Waals surface area contributed by atoms with Crippen LogP contribution >= 0.6 is 0 Å². The molecule has 5 aliphatic rings. The zero-order valence-electron chi connectivity index (χ0n) is 24.2. The molecule has 4 fully saturated rings. The molecule has 0 spiro atoms. The van der Waals surface area contributed by atoms with Crippen molar-refractivity contribution >= 4 is 11.9 Å². The molecule has 0 unspecified atom stereocenters. The van der Waals surface area contributed by atoms with Crippen molar-refractivity contribution in [2.75, 3.05) is 0 Å². The van der Waals surface area contributed by atoms with E-state index in [4.69, 9.17) is 9.47 Å². The average molecular weight is 531 g/mol. The molecule has 1 aliphatic heterocycles. The number of cyclic esters (lactones) is 1. The first-order valence-corrected chi connectivity index (χ1v) is 15.3. The zero-order chi connectivity index (χ0) is 27.5. The van der Waals surface area contributed by atoms with E-state index < -0.39 is 11.5 Å². The molecule has 0 bridgehead atoms. The molecule has 1 heterocycles. The fourth-order valence-electron chi connectivity index (χ4n) is 9.21. The minimum absolute atomic E-state index is 0.0684. The summed E-state index contributed by atoms with van der Waals surface area (Å²) < 4.78 is 12.2. The fraction of sp³-hybridized carbons (Fsp3) is 0.875. The second-order valence-electron chi connectivity index (χ2n) is 14.4. The normalized spacial score (nSPS) is 44.8. The summed E-state index contributed by atoms with van der Waals surface area (Å²) in [6.07, 6.45) is 11.1. The van der Waals surface area contributed by atoms with Gasteiger partial charge >= 0.3 is 11.9 Å². The van der Waals surface area contributed by atoms with Gasteiger partial charge in [0.15, 0.2) is 0 Å². The summed E-state index contributed by atoms with van der Waals surface area (Å²) in [6.45, 7) is 10.8. The van der Waals surface area contributed by atoms with Gasteiger partial charge < -0.3 is 19.7 Å². The number of carbonyl (C=O) groups is 2. The van der Waals surface area contributed by atoms with Gasteiger partial charge in [-0.05, 0) is 107 Å². The van der Waals surface area contributed by atoms with E-state index in [0.29, 0.717) is 30.1 Å². The lowest BCUT2D eigenvalue weighted by atomic mass is 9.46. The van der Waals surface area contributed by atoms with E-state index in [0.717, 1.165) is 64.2 Å². The highest BCUT2D eigenvalue weighted by Gasteiger charge is 2.63. The lowest BCUT2D eigenvalue weighted by Crippen LogP contribution is -2.57. The number of ether oxygens (including phenoxy) is 2. The van der Waals surface area contributed by atoms with Gasteiger partial charge in [0.25, 0.3) is 0 Å². The van der Waals surface area contributed by atoms with Crippen molar-refractivity contribution in [1.82, 2.24) is 0 Å². The monoisotopic (exact) mass is 530 g/mol. The van der Waals surface area contributed by atoms with Gasteiger partial charge in [-0.2, -0.15) is 0 Å². The predicted octanol–water partition coefficient (Wildman–Crippen LogP) is 5.73. The van der Waals surface area contributed by atoms with Crippen LogP contribution in [0.4, 0.5) is 0 Å². The van der Waals surface area contributed by atoms with Crippen molar-refractivity contribution in [3.8, 4) is 0 Å². The second-order valence-corrected chi connectivity index (χ2v) is 14.4. The van der Waals surface area contributed by atoms with Crippen molar-refractivity contribution in [3.63, 3.8) is 0 Å². The summed E-state index contributed by atoms with van der Waals surface area (Å²) in [6, 6.07) is 0. The van der Waals surface area contributed by atoms with Crippen LogP contribution in [0.15, 0.2) is 11.6 Å². The van der Waals surface area contributed by atoms with E-state index in [-0.39, 0.29) is 47.5 Å². The van der Waals surface area contributed by atoms with E-state index in [1.165, 1.54) is 5.57 Å². The largest absolute Gasteiger partial charge is 0.462 e. The van der Waals surface area contributed by atoms with E-state index in [2.05, 4.69) is 19.9 Å². The van der Waals surface area contributed by atoms with E-state index in [1.54, 1.807) is 0 Å². The van der Waals surface area contributed by atoms with Crippen LogP contribution in [-0.2, 0) is 19.1 Å². The first-order valence-electron chi connectivity index (χ1n) is 15.3. The Bertz CT molecular complexity index is 956. The Morgan fingerprint density at radius 2 is 1.84 bits per heavy atom. The highest BCUT2D eigenvalue weighted by molar-refractivity contribution is 5.76. The summed E-state index contributed by atoms with van der Waals surface area (Å²) in [5, 5.41) is 20.5. The second kappa shape index (κ2) is 10.2. The van der Waals surface area contributed by atoms with Crippen LogP contribution in [-0.4, -0.2) is 46.6 Å². The minimum Gasteiger partial charge on any atom is -0.462 e. The first-order chi connectivity index (χ1) is 17.9. The van der Waals surface area contributed by atoms with Gasteiger partial charge in [-0.25, -0.2) is 0 Å². The maximum atomic E-state index is 13.5. The zero-order valence-corrected chi connectivity index (χ0v) is 24.2. The first kappa shape index (κ1) is 28.1. The van der Waals surface area contributed by atoms with Crippen LogP contribution < -0.4 is 0 Å². The van der Waals surface area contributed by atoms with Crippen LogP contribution in [0, 0.1) is 39.9 Å². The quantitative estimate of drug-likeness (QED) is 0.336. The molecule has 6 nitrogen and oxygen atoms in total. The molecule has 38 heavy (non-hydrogen) atoms. The summed E-state index contributed by atoms with van der Waals surface area (Å²) in [4.78, 5) is 25.4. The Morgan fingerprint density at radius 3 is 2.55 bits per heavy atom. The molecule has 0 radical (unpaired) electrons. The van der Waals surface area contributed by atoms with E-state index >= 15 is 0 Å². The molecule has 4 aliphatic carbocycles. The number of esters is 2. The van der Waals surface area contributed by atoms with Gasteiger partial charge in [0.1, 0.15) is 12.2 Å². The maximum absolute atomic E-state index is 13.5. The van der Waals surface area contributed by atoms with Crippen molar-refractivity contribution in [2.24, 2.45) is 39.9 Å². The van der Waals surface area contributed by atoms with Crippen molar-refractivity contribution in [2.45, 2.75) is 136 Å². The molecule has 0 aromatic carbocycles. The highest BCUT2D eigenvalue weighted by Crippen LogP contribution is 2.67. The minimum atomic E-state index is -0.605. The number of hydrogen-bond acceptors (Lipinski definition) is 6. The SMILES string of the molecule is CCC(C)(C)C(=O)O[C@H]1C[C@H]2[C@@H](CC=C3C[C@H](O)CC[C@@]32C)[C@@H]2CC[C@H](CC[C@@H]3C[C@@H](O)CC(=O)O3)[C@@]12C. The Balaban J connectivity index is 1.42. The fourth-order valence-corrected chi connectivity index (χ4v) is 9.21. The van der Waals surface area contributed by atoms with Gasteiger partial charge in [-0.1, -0.05) is 32.4 Å². The molecule has 1 saturated heterocycles. The molecule has 2 N–H and O–H groups in total. The summed E-state index contributed by atoms with van der Waals surface area (Å²) in [7, 11) is 0. The molecular weight excluding hydrogens is 480 g/mol. The molecule has 214 valence electrons. The Morgan fingerprint density at radius 1 is 1.08 bits per heavy atom. The molecular formula is C32H50O6. The number of hydrogen-bond donors (Lipinski definition) is 2. The smallest absolute Gasteiger partial charge is 0.311 e. The van der Waals surface area contributed by atoms with Crippen LogP contribution in [0.1, 0.15) is 112 Å². The summed E-state index contributed by atoms with van der Waals surface area (Å²) in [5.74, 6) is 1.51. The average Bonchev–Trinajstić information content (AvgIpc) is 3.20. The number of rotatable bonds is 6. The Labute approximate surface area is 228 Å². The third-order valence-corrected chi connectivity index (χ3v) is 12.1. The van der Waals surface area contributed by atoms with Gasteiger partial charge in [-0.15, -0.1) is 0 Å². The van der Waals surface area contributed by atoms with Crippen molar-refractivity contribution in [3.05, 3.63) is 11.6 Å². The number of aliphatic hydroxyl groups is 2. The highest BCUT2D eigenvalue weighted by atomic mass is 16.6. The topological polar surface area (TPSA) is 93.1 Å². The number of carbonyl (C=O) groups excluding carboxylic acids is 2. The van der Waals surface area contributed by atoms with Gasteiger partial charge in [0.05, 0.1) is 24.0 Å². The standard InChI is InChI=1S/C32H50O6/c1-6-30(2,3)29(36)38-27-18-26-24(11-8-20-15-21(33)13-14-31(20,26)4)25-12-9-19(32(25,27)5)7-10-23-16-22(34)17-28(35)37-23/h8,19,21-27,33-34H,6-7,9-18H2,1-5H3/t19-,21+,22+,23+,24-,25-,26-,27-,31-,32+/m0/s1. The lowest BCUT2D eigenvalue weighted by Gasteiger charge is -2.60. The van der Waals surface area contributed by atoms with Crippen molar-refractivity contribution in [1.29, 1.82) is 0 Å². The maximum Gasteiger partial charge on any atom is 0.311 e. The molecule has 6 heteroatoms. The molecule has 3 saturated carbocycles. The van der Waals surface area contributed by atoms with E-state index in [1.807, 2.05) is 20.8 Å². The Kier molecular flexibility index (Phi) is 7.56. The van der Waals surface area contributed by atoms with Crippen LogP contribution in [0.3, 0.4) is 0 Å².